The van der Waals surface area contributed by atoms with Gasteiger partial charge in [0.15, 0.2) is 0 Å². The number of nitrogens with zero attached hydrogens (tertiary/aromatic N) is 2. The first-order chi connectivity index (χ1) is 9.66. The van der Waals surface area contributed by atoms with Gasteiger partial charge in [0, 0.05) is 19.2 Å². The number of hydrogen-bond donors (Lipinski definition) is 1. The molecule has 0 radical (unpaired) electrons. The summed E-state index contributed by atoms with van der Waals surface area (Å²) in [5.41, 5.74) is -2.45. The summed E-state index contributed by atoms with van der Waals surface area (Å²) in [5.74, 6) is 0. The van der Waals surface area contributed by atoms with Crippen molar-refractivity contribution in [3.05, 3.63) is 33.9 Å². The molecule has 2 rings (SSSR count). The van der Waals surface area contributed by atoms with Gasteiger partial charge >= 0.3 is 6.18 Å². The zero-order valence-electron chi connectivity index (χ0n) is 11.4. The van der Waals surface area contributed by atoms with E-state index in [0.717, 1.165) is 18.6 Å². The van der Waals surface area contributed by atoms with Gasteiger partial charge in [0.2, 0.25) is 0 Å². The number of anilines is 1. The Labute approximate surface area is 119 Å². The second-order valence-corrected chi connectivity index (χ2v) is 5.29. The van der Waals surface area contributed by atoms with Crippen molar-refractivity contribution >= 4 is 11.4 Å². The minimum absolute atomic E-state index is 0.105. The minimum atomic E-state index is -4.62. The van der Waals surface area contributed by atoms with Gasteiger partial charge in [-0.05, 0) is 18.6 Å². The van der Waals surface area contributed by atoms with Gasteiger partial charge in [-0.15, -0.1) is 0 Å². The maximum absolute atomic E-state index is 12.6. The molecule has 0 unspecified atom stereocenters. The monoisotopic (exact) mass is 304 g/mol. The highest BCUT2D eigenvalue weighted by molar-refractivity contribution is 5.66. The van der Waals surface area contributed by atoms with Crippen LogP contribution < -0.4 is 4.90 Å². The van der Waals surface area contributed by atoms with E-state index in [9.17, 15) is 28.4 Å². The maximum atomic E-state index is 12.6. The predicted octanol–water partition coefficient (Wildman–Crippen LogP) is 2.96. The summed E-state index contributed by atoms with van der Waals surface area (Å²) in [5, 5.41) is 21.0. The fourth-order valence-electron chi connectivity index (χ4n) is 2.57. The number of aliphatic hydroxyl groups is 1. The largest absolute Gasteiger partial charge is 0.416 e. The molecule has 0 spiro atoms. The number of benzene rings is 1. The van der Waals surface area contributed by atoms with E-state index in [4.69, 9.17) is 0 Å². The first-order valence-corrected chi connectivity index (χ1v) is 6.49. The third-order valence-corrected chi connectivity index (χ3v) is 3.53. The molecule has 0 saturated carbocycles. The van der Waals surface area contributed by atoms with Crippen molar-refractivity contribution in [2.75, 3.05) is 18.0 Å². The highest BCUT2D eigenvalue weighted by Crippen LogP contribution is 2.40. The molecule has 1 aromatic rings. The Hall–Kier alpha value is -1.83. The number of hydrogen-bond acceptors (Lipinski definition) is 4. The zero-order chi connectivity index (χ0) is 15.8. The summed E-state index contributed by atoms with van der Waals surface area (Å²) in [6.07, 6.45) is -3.31. The molecule has 1 heterocycles. The van der Waals surface area contributed by atoms with Crippen LogP contribution in [0.3, 0.4) is 0 Å². The lowest BCUT2D eigenvalue weighted by molar-refractivity contribution is -0.384. The summed E-state index contributed by atoms with van der Waals surface area (Å²) in [4.78, 5) is 11.7. The fraction of sp³-hybridized carbons (Fsp3) is 0.538. The van der Waals surface area contributed by atoms with Crippen LogP contribution >= 0.6 is 0 Å². The number of nitro benzene ring substituents is 1. The lowest BCUT2D eigenvalue weighted by Gasteiger charge is -2.47. The lowest BCUT2D eigenvalue weighted by Crippen LogP contribution is -2.62. The first kappa shape index (κ1) is 15.6. The van der Waals surface area contributed by atoms with Gasteiger partial charge in [0.1, 0.15) is 5.69 Å². The molecule has 1 aromatic carbocycles. The van der Waals surface area contributed by atoms with Gasteiger partial charge in [-0.1, -0.05) is 13.3 Å². The first-order valence-electron chi connectivity index (χ1n) is 6.49. The third-order valence-electron chi connectivity index (χ3n) is 3.53. The highest BCUT2D eigenvalue weighted by atomic mass is 19.4. The Bertz CT molecular complexity index is 554. The molecule has 1 aliphatic rings. The predicted molar refractivity (Wildman–Crippen MR) is 70.2 cm³/mol. The van der Waals surface area contributed by atoms with Gasteiger partial charge in [0.05, 0.1) is 16.1 Å². The van der Waals surface area contributed by atoms with Gasteiger partial charge in [-0.25, -0.2) is 0 Å². The summed E-state index contributed by atoms with van der Waals surface area (Å²) in [7, 11) is 0. The summed E-state index contributed by atoms with van der Waals surface area (Å²) in [6, 6.07) is 2.44. The van der Waals surface area contributed by atoms with Crippen molar-refractivity contribution < 1.29 is 23.2 Å². The van der Waals surface area contributed by atoms with Crippen molar-refractivity contribution in [1.82, 2.24) is 0 Å². The molecule has 0 atom stereocenters. The molecule has 0 aromatic heterocycles. The van der Waals surface area contributed by atoms with E-state index in [-0.39, 0.29) is 18.8 Å². The van der Waals surface area contributed by atoms with Crippen LogP contribution in [-0.4, -0.2) is 28.7 Å². The van der Waals surface area contributed by atoms with Crippen LogP contribution in [0.5, 0.6) is 0 Å². The topological polar surface area (TPSA) is 66.6 Å². The number of nitro groups is 1. The van der Waals surface area contributed by atoms with Crippen LogP contribution in [0.2, 0.25) is 0 Å². The fourth-order valence-corrected chi connectivity index (χ4v) is 2.57. The van der Waals surface area contributed by atoms with Gasteiger partial charge in [0.25, 0.3) is 5.69 Å². The van der Waals surface area contributed by atoms with E-state index in [2.05, 4.69) is 0 Å². The van der Waals surface area contributed by atoms with Crippen LogP contribution in [0.25, 0.3) is 0 Å². The van der Waals surface area contributed by atoms with E-state index in [1.807, 2.05) is 6.92 Å². The van der Waals surface area contributed by atoms with Gasteiger partial charge in [-0.2, -0.15) is 13.2 Å². The van der Waals surface area contributed by atoms with Crippen LogP contribution in [-0.2, 0) is 6.18 Å². The number of alkyl halides is 3. The van der Waals surface area contributed by atoms with Gasteiger partial charge in [-0.3, -0.25) is 10.1 Å². The van der Waals surface area contributed by atoms with Crippen LogP contribution in [0.1, 0.15) is 25.3 Å². The molecule has 21 heavy (non-hydrogen) atoms. The number of rotatable bonds is 4. The summed E-state index contributed by atoms with van der Waals surface area (Å²) < 4.78 is 37.8. The van der Waals surface area contributed by atoms with Crippen LogP contribution in [0.4, 0.5) is 24.5 Å². The quantitative estimate of drug-likeness (QED) is 0.686. The van der Waals surface area contributed by atoms with Crippen molar-refractivity contribution in [1.29, 1.82) is 0 Å². The van der Waals surface area contributed by atoms with Crippen molar-refractivity contribution in [2.45, 2.75) is 31.5 Å². The Balaban J connectivity index is 2.27. The van der Waals surface area contributed by atoms with Crippen molar-refractivity contribution in [3.63, 3.8) is 0 Å². The third kappa shape index (κ3) is 3.10. The number of halogens is 3. The average molecular weight is 304 g/mol. The Kier molecular flexibility index (Phi) is 3.83. The summed E-state index contributed by atoms with van der Waals surface area (Å²) in [6.45, 7) is 2.28. The molecule has 1 aliphatic heterocycles. The molecule has 116 valence electrons. The Morgan fingerprint density at radius 2 is 2.05 bits per heavy atom. The summed E-state index contributed by atoms with van der Waals surface area (Å²) >= 11 is 0. The second-order valence-electron chi connectivity index (χ2n) is 5.29. The zero-order valence-corrected chi connectivity index (χ0v) is 11.4. The van der Waals surface area contributed by atoms with E-state index < -0.39 is 28.0 Å². The van der Waals surface area contributed by atoms with E-state index in [1.54, 1.807) is 0 Å². The van der Waals surface area contributed by atoms with Crippen LogP contribution in [0, 0.1) is 10.1 Å². The molecule has 0 aliphatic carbocycles. The lowest BCUT2D eigenvalue weighted by atomic mass is 9.88. The maximum Gasteiger partial charge on any atom is 0.416 e. The SMILES string of the molecule is CCCC1(O)CN(c2ccc(C(F)(F)F)cc2[N+](=O)[O-])C1. The average Bonchev–Trinajstić information content (AvgIpc) is 2.34. The second kappa shape index (κ2) is 5.18. The van der Waals surface area contributed by atoms with Crippen LogP contribution in [0.15, 0.2) is 18.2 Å². The molecule has 0 amide bonds. The molecule has 1 saturated heterocycles. The molecule has 1 N–H and O–H groups in total. The molecular formula is C13H15F3N2O3. The minimum Gasteiger partial charge on any atom is -0.386 e. The van der Waals surface area contributed by atoms with E-state index >= 15 is 0 Å². The van der Waals surface area contributed by atoms with Gasteiger partial charge < -0.3 is 10.0 Å². The smallest absolute Gasteiger partial charge is 0.386 e. The van der Waals surface area contributed by atoms with Crippen molar-refractivity contribution in [2.24, 2.45) is 0 Å². The molecule has 1 fully saturated rings. The molecule has 8 heteroatoms. The molecule has 5 nitrogen and oxygen atoms in total. The normalized spacial score (nSPS) is 17.5. The van der Waals surface area contributed by atoms with E-state index in [1.165, 1.54) is 4.90 Å². The molecule has 0 bridgehead atoms. The Morgan fingerprint density at radius 3 is 2.52 bits per heavy atom. The standard InChI is InChI=1S/C13H15F3N2O3/c1-2-5-12(19)7-17(8-12)10-4-3-9(13(14,15)16)6-11(10)18(20)21/h3-4,6,19H,2,5,7-8H2,1H3. The van der Waals surface area contributed by atoms with E-state index in [0.29, 0.717) is 12.5 Å². The highest BCUT2D eigenvalue weighted by Gasteiger charge is 2.43. The number of β-amino-alcohol motifs (C(OH)–C–C–N with tert-alkyl or cyclic N) is 1. The van der Waals surface area contributed by atoms with Crippen molar-refractivity contribution in [3.8, 4) is 0 Å². The molecular weight excluding hydrogens is 289 g/mol. The Morgan fingerprint density at radius 1 is 1.43 bits per heavy atom.